The van der Waals surface area contributed by atoms with Crippen LogP contribution in [0, 0.1) is 6.92 Å². The fourth-order valence-electron chi connectivity index (χ4n) is 1.77. The largest absolute Gasteiger partial charge is 0.397 e. The molecule has 0 saturated carbocycles. The summed E-state index contributed by atoms with van der Waals surface area (Å²) >= 11 is 6.10. The van der Waals surface area contributed by atoms with Gasteiger partial charge in [-0.15, -0.1) is 0 Å². The number of nitrogens with one attached hydrogen (secondary N) is 1. The van der Waals surface area contributed by atoms with Crippen molar-refractivity contribution >= 4 is 38.5 Å². The van der Waals surface area contributed by atoms with E-state index in [9.17, 15) is 8.42 Å². The van der Waals surface area contributed by atoms with Crippen molar-refractivity contribution in [2.75, 3.05) is 17.3 Å². The van der Waals surface area contributed by atoms with Crippen LogP contribution in [0.2, 0.25) is 5.02 Å². The summed E-state index contributed by atoms with van der Waals surface area (Å²) in [4.78, 5) is 0.191. The Balaban J connectivity index is 2.38. The third-order valence-corrected chi connectivity index (χ3v) is 4.28. The summed E-state index contributed by atoms with van der Waals surface area (Å²) in [5.74, 6) is 0. The zero-order valence-corrected chi connectivity index (χ0v) is 12.7. The van der Waals surface area contributed by atoms with E-state index >= 15 is 0 Å². The van der Waals surface area contributed by atoms with Gasteiger partial charge in [-0.05, 0) is 42.8 Å². The maximum atomic E-state index is 11.5. The summed E-state index contributed by atoms with van der Waals surface area (Å²) in [5.41, 5.74) is 8.64. The zero-order valence-electron chi connectivity index (χ0n) is 11.1. The lowest BCUT2D eigenvalue weighted by atomic mass is 10.2. The number of hydrogen-bond donors (Lipinski definition) is 2. The highest BCUT2D eigenvalue weighted by Crippen LogP contribution is 2.30. The molecule has 2 aromatic rings. The van der Waals surface area contributed by atoms with Gasteiger partial charge < -0.3 is 11.1 Å². The van der Waals surface area contributed by atoms with E-state index in [-0.39, 0.29) is 4.90 Å². The summed E-state index contributed by atoms with van der Waals surface area (Å²) < 4.78 is 22.9. The van der Waals surface area contributed by atoms with E-state index in [1.54, 1.807) is 12.1 Å². The molecule has 0 radical (unpaired) electrons. The molecule has 0 unspecified atom stereocenters. The lowest BCUT2D eigenvalue weighted by molar-refractivity contribution is 0.602. The number of halogens is 1. The molecule has 0 atom stereocenters. The van der Waals surface area contributed by atoms with E-state index in [4.69, 9.17) is 17.3 Å². The Labute approximate surface area is 123 Å². The molecular formula is C14H15ClN2O2S. The van der Waals surface area contributed by atoms with Crippen LogP contribution in [-0.2, 0) is 9.84 Å². The van der Waals surface area contributed by atoms with Gasteiger partial charge in [-0.1, -0.05) is 17.7 Å². The average molecular weight is 311 g/mol. The zero-order chi connectivity index (χ0) is 14.9. The lowest BCUT2D eigenvalue weighted by Crippen LogP contribution is -2.01. The van der Waals surface area contributed by atoms with E-state index in [1.807, 2.05) is 19.1 Å². The molecule has 0 aromatic heterocycles. The Morgan fingerprint density at radius 2 is 1.80 bits per heavy atom. The van der Waals surface area contributed by atoms with Crippen molar-refractivity contribution < 1.29 is 8.42 Å². The van der Waals surface area contributed by atoms with Crippen LogP contribution in [0.4, 0.5) is 17.1 Å². The first-order valence-corrected chi connectivity index (χ1v) is 8.17. The predicted molar refractivity (Wildman–Crippen MR) is 83.4 cm³/mol. The van der Waals surface area contributed by atoms with E-state index in [1.165, 1.54) is 12.1 Å². The van der Waals surface area contributed by atoms with E-state index in [2.05, 4.69) is 5.32 Å². The number of aryl methyl sites for hydroxylation is 1. The smallest absolute Gasteiger partial charge is 0.175 e. The minimum atomic E-state index is -3.26. The Morgan fingerprint density at radius 3 is 2.40 bits per heavy atom. The monoisotopic (exact) mass is 310 g/mol. The normalized spacial score (nSPS) is 11.3. The number of hydrogen-bond acceptors (Lipinski definition) is 4. The van der Waals surface area contributed by atoms with Gasteiger partial charge >= 0.3 is 0 Å². The maximum Gasteiger partial charge on any atom is 0.175 e. The highest BCUT2D eigenvalue weighted by molar-refractivity contribution is 7.90. The van der Waals surface area contributed by atoms with Crippen LogP contribution in [-0.4, -0.2) is 14.7 Å². The Bertz CT molecular complexity index is 758. The minimum Gasteiger partial charge on any atom is -0.397 e. The Hall–Kier alpha value is -1.72. The maximum absolute atomic E-state index is 11.5. The molecule has 106 valence electrons. The van der Waals surface area contributed by atoms with Gasteiger partial charge in [-0.25, -0.2) is 8.42 Å². The van der Waals surface area contributed by atoms with Gasteiger partial charge in [0.25, 0.3) is 0 Å². The molecule has 0 amide bonds. The molecule has 0 aliphatic carbocycles. The lowest BCUT2D eigenvalue weighted by Gasteiger charge is -2.12. The molecule has 0 spiro atoms. The van der Waals surface area contributed by atoms with Gasteiger partial charge in [0.1, 0.15) is 0 Å². The van der Waals surface area contributed by atoms with E-state index in [0.717, 1.165) is 17.5 Å². The topological polar surface area (TPSA) is 72.2 Å². The molecule has 3 N–H and O–H groups in total. The second-order valence-electron chi connectivity index (χ2n) is 4.63. The molecule has 0 saturated heterocycles. The van der Waals surface area contributed by atoms with Crippen molar-refractivity contribution in [3.8, 4) is 0 Å². The summed E-state index contributed by atoms with van der Waals surface area (Å²) in [6, 6.07) is 10.2. The van der Waals surface area contributed by atoms with Crippen LogP contribution in [0.15, 0.2) is 41.3 Å². The Morgan fingerprint density at radius 1 is 1.10 bits per heavy atom. The highest BCUT2D eigenvalue weighted by Gasteiger charge is 2.10. The number of rotatable bonds is 3. The van der Waals surface area contributed by atoms with Gasteiger partial charge in [0.15, 0.2) is 9.84 Å². The second-order valence-corrected chi connectivity index (χ2v) is 7.05. The van der Waals surface area contributed by atoms with Crippen molar-refractivity contribution in [2.24, 2.45) is 0 Å². The highest BCUT2D eigenvalue weighted by atomic mass is 35.5. The van der Waals surface area contributed by atoms with Gasteiger partial charge in [0.2, 0.25) is 0 Å². The molecule has 0 bridgehead atoms. The molecule has 20 heavy (non-hydrogen) atoms. The van der Waals surface area contributed by atoms with Crippen LogP contribution >= 0.6 is 11.6 Å². The molecule has 0 aliphatic heterocycles. The summed E-state index contributed by atoms with van der Waals surface area (Å²) in [5, 5.41) is 3.68. The first-order valence-electron chi connectivity index (χ1n) is 5.90. The van der Waals surface area contributed by atoms with Gasteiger partial charge in [0, 0.05) is 6.26 Å². The van der Waals surface area contributed by atoms with Crippen molar-refractivity contribution in [2.45, 2.75) is 11.8 Å². The third kappa shape index (κ3) is 3.23. The van der Waals surface area contributed by atoms with Crippen LogP contribution in [0.5, 0.6) is 0 Å². The second kappa shape index (κ2) is 5.34. The molecule has 4 nitrogen and oxygen atoms in total. The predicted octanol–water partition coefficient (Wildman–Crippen LogP) is 3.38. The van der Waals surface area contributed by atoms with Gasteiger partial charge in [-0.3, -0.25) is 0 Å². The average Bonchev–Trinajstić information content (AvgIpc) is 2.35. The number of sulfone groups is 1. The van der Waals surface area contributed by atoms with Crippen molar-refractivity contribution in [3.63, 3.8) is 0 Å². The van der Waals surface area contributed by atoms with Crippen molar-refractivity contribution in [1.29, 1.82) is 0 Å². The summed E-state index contributed by atoms with van der Waals surface area (Å²) in [6.45, 7) is 1.96. The minimum absolute atomic E-state index is 0.191. The summed E-state index contributed by atoms with van der Waals surface area (Å²) in [6.07, 6.45) is 1.15. The molecule has 6 heteroatoms. The molecule has 2 aromatic carbocycles. The molecule has 0 heterocycles. The van der Waals surface area contributed by atoms with Crippen LogP contribution < -0.4 is 11.1 Å². The fraction of sp³-hybridized carbons (Fsp3) is 0.143. The van der Waals surface area contributed by atoms with Gasteiger partial charge in [0.05, 0.1) is 27.0 Å². The summed E-state index contributed by atoms with van der Waals surface area (Å²) in [7, 11) is -3.26. The van der Waals surface area contributed by atoms with Gasteiger partial charge in [-0.2, -0.15) is 0 Å². The van der Waals surface area contributed by atoms with Crippen molar-refractivity contribution in [1.82, 2.24) is 0 Å². The first kappa shape index (κ1) is 14.7. The van der Waals surface area contributed by atoms with Crippen LogP contribution in [0.3, 0.4) is 0 Å². The molecule has 0 aliphatic rings. The standard InChI is InChI=1S/C14H15ClN2O2S/c1-9-3-5-11(15)14(7-9)17-13-6-4-10(8-12(13)16)20(2,18)19/h3-8,17H,16H2,1-2H3. The number of nitrogens with two attached hydrogens (primary N) is 1. The molecule has 2 rings (SSSR count). The third-order valence-electron chi connectivity index (χ3n) is 2.84. The number of benzene rings is 2. The van der Waals surface area contributed by atoms with Crippen LogP contribution in [0.1, 0.15) is 5.56 Å². The fourth-order valence-corrected chi connectivity index (χ4v) is 2.59. The van der Waals surface area contributed by atoms with E-state index < -0.39 is 9.84 Å². The Kier molecular flexibility index (Phi) is 3.92. The van der Waals surface area contributed by atoms with E-state index in [0.29, 0.717) is 16.4 Å². The van der Waals surface area contributed by atoms with Crippen molar-refractivity contribution in [3.05, 3.63) is 47.0 Å². The van der Waals surface area contributed by atoms with Crippen LogP contribution in [0.25, 0.3) is 0 Å². The molecular weight excluding hydrogens is 296 g/mol. The quantitative estimate of drug-likeness (QED) is 0.852. The number of nitrogen functional groups attached to an aromatic ring is 1. The molecule has 0 fully saturated rings. The first-order chi connectivity index (χ1) is 9.27. The SMILES string of the molecule is Cc1ccc(Cl)c(Nc2ccc(S(C)(=O)=O)cc2N)c1. The number of anilines is 3.